The Morgan fingerprint density at radius 3 is 2.09 bits per heavy atom. The van der Waals surface area contributed by atoms with Crippen LogP contribution >= 0.6 is 0 Å². The molecule has 0 unspecified atom stereocenters. The van der Waals surface area contributed by atoms with Gasteiger partial charge >= 0.3 is 0 Å². The molecule has 3 aromatic carbocycles. The third-order valence-corrected chi connectivity index (χ3v) is 3.12. The average Bonchev–Trinajstić information content (AvgIpc) is 2.59. The van der Waals surface area contributed by atoms with Gasteiger partial charge in [-0.2, -0.15) is 0 Å². The summed E-state index contributed by atoms with van der Waals surface area (Å²) in [5.41, 5.74) is 0.869. The monoisotopic (exact) mass is 309 g/mol. The largest absolute Gasteiger partial charge is 0.438 e. The molecule has 0 aliphatic heterocycles. The summed E-state index contributed by atoms with van der Waals surface area (Å²) in [5.74, 6) is -0.138. The Hall–Kier alpha value is -3.01. The van der Waals surface area contributed by atoms with Crippen LogP contribution in [0.4, 0.5) is 14.5 Å². The van der Waals surface area contributed by atoms with Crippen molar-refractivity contribution in [3.05, 3.63) is 96.1 Å². The molecule has 114 valence electrons. The van der Waals surface area contributed by atoms with Crippen molar-refractivity contribution in [3.8, 4) is 5.75 Å². The number of benzene rings is 3. The molecule has 3 rings (SSSR count). The molecule has 0 aliphatic carbocycles. The third-order valence-electron chi connectivity index (χ3n) is 3.12. The molecule has 3 aromatic rings. The van der Waals surface area contributed by atoms with Gasteiger partial charge in [0.1, 0.15) is 23.1 Å². The summed E-state index contributed by atoms with van der Waals surface area (Å²) in [7, 11) is 0. The lowest BCUT2D eigenvalue weighted by molar-refractivity contribution is 0.546. The normalized spacial score (nSPS) is 11.3. The molecule has 0 spiro atoms. The first kappa shape index (κ1) is 14.9. The topological polar surface area (TPSA) is 21.6 Å². The minimum Gasteiger partial charge on any atom is -0.438 e. The molecule has 0 heterocycles. The predicted molar refractivity (Wildman–Crippen MR) is 86.1 cm³/mol. The Balaban J connectivity index is 2.00. The lowest BCUT2D eigenvalue weighted by atomic mass is 10.2. The van der Waals surface area contributed by atoms with Gasteiger partial charge in [-0.25, -0.2) is 13.8 Å². The van der Waals surface area contributed by atoms with Crippen LogP contribution in [0.3, 0.4) is 0 Å². The maximum absolute atomic E-state index is 13.8. The maximum atomic E-state index is 13.8. The minimum absolute atomic E-state index is 0.175. The van der Waals surface area contributed by atoms with Crippen LogP contribution in [-0.2, 0) is 0 Å². The number of nitrogens with zero attached hydrogens (tertiary/aromatic N) is 1. The fourth-order valence-electron chi connectivity index (χ4n) is 1.99. The van der Waals surface area contributed by atoms with E-state index < -0.39 is 5.82 Å². The van der Waals surface area contributed by atoms with Crippen LogP contribution in [0.5, 0.6) is 5.75 Å². The van der Waals surface area contributed by atoms with Crippen molar-refractivity contribution in [2.24, 2.45) is 4.99 Å². The second kappa shape index (κ2) is 6.83. The molecule has 0 amide bonds. The van der Waals surface area contributed by atoms with Gasteiger partial charge in [-0.1, -0.05) is 30.3 Å². The van der Waals surface area contributed by atoms with E-state index in [9.17, 15) is 8.78 Å². The highest BCUT2D eigenvalue weighted by Gasteiger charge is 2.09. The molecule has 0 atom stereocenters. The standard InChI is InChI=1S/C19H13F2NO/c20-15-10-12-16(13-11-15)23-19(14-6-2-1-3-7-14)22-18-9-5-4-8-17(18)21/h1-13H. The first-order valence-corrected chi connectivity index (χ1v) is 7.04. The molecule has 0 aromatic heterocycles. The van der Waals surface area contributed by atoms with Crippen molar-refractivity contribution in [1.82, 2.24) is 0 Å². The highest BCUT2D eigenvalue weighted by atomic mass is 19.1. The van der Waals surface area contributed by atoms with Gasteiger partial charge < -0.3 is 4.74 Å². The van der Waals surface area contributed by atoms with E-state index in [1.807, 2.05) is 30.3 Å². The lowest BCUT2D eigenvalue weighted by Gasteiger charge is -2.09. The molecule has 4 heteroatoms. The van der Waals surface area contributed by atoms with Crippen LogP contribution in [-0.4, -0.2) is 5.90 Å². The van der Waals surface area contributed by atoms with Crippen molar-refractivity contribution < 1.29 is 13.5 Å². The van der Waals surface area contributed by atoms with Gasteiger partial charge in [0, 0.05) is 5.56 Å². The van der Waals surface area contributed by atoms with Crippen LogP contribution < -0.4 is 4.74 Å². The number of rotatable bonds is 3. The van der Waals surface area contributed by atoms with Gasteiger partial charge in [0.05, 0.1) is 0 Å². The fraction of sp³-hybridized carbons (Fsp3) is 0. The first-order chi connectivity index (χ1) is 11.2. The van der Waals surface area contributed by atoms with E-state index >= 15 is 0 Å². The van der Waals surface area contributed by atoms with Crippen LogP contribution in [0.15, 0.2) is 83.9 Å². The third kappa shape index (κ3) is 3.80. The summed E-state index contributed by atoms with van der Waals surface area (Å²) in [5, 5.41) is 0. The Morgan fingerprint density at radius 1 is 0.739 bits per heavy atom. The van der Waals surface area contributed by atoms with Crippen LogP contribution in [0, 0.1) is 11.6 Å². The van der Waals surface area contributed by atoms with Crippen molar-refractivity contribution in [2.75, 3.05) is 0 Å². The molecule has 0 saturated heterocycles. The summed E-state index contributed by atoms with van der Waals surface area (Å²) in [4.78, 5) is 4.27. The van der Waals surface area contributed by atoms with Gasteiger partial charge in [-0.05, 0) is 48.5 Å². The van der Waals surface area contributed by atoms with Gasteiger partial charge in [-0.15, -0.1) is 0 Å². The second-order valence-electron chi connectivity index (χ2n) is 4.79. The lowest BCUT2D eigenvalue weighted by Crippen LogP contribution is -2.10. The highest BCUT2D eigenvalue weighted by Crippen LogP contribution is 2.20. The number of halogens is 2. The molecule has 23 heavy (non-hydrogen) atoms. The molecule has 2 nitrogen and oxygen atoms in total. The van der Waals surface area contributed by atoms with Crippen molar-refractivity contribution in [2.45, 2.75) is 0 Å². The van der Waals surface area contributed by atoms with E-state index in [0.717, 1.165) is 0 Å². The van der Waals surface area contributed by atoms with Crippen LogP contribution in [0.1, 0.15) is 5.56 Å². The maximum Gasteiger partial charge on any atom is 0.227 e. The zero-order valence-corrected chi connectivity index (χ0v) is 12.1. The summed E-state index contributed by atoms with van der Waals surface area (Å²) < 4.78 is 32.6. The molecule has 0 fully saturated rings. The van der Waals surface area contributed by atoms with Crippen LogP contribution in [0.2, 0.25) is 0 Å². The van der Waals surface area contributed by atoms with Crippen molar-refractivity contribution in [1.29, 1.82) is 0 Å². The Morgan fingerprint density at radius 2 is 1.39 bits per heavy atom. The molecule has 0 N–H and O–H groups in total. The molecular weight excluding hydrogens is 296 g/mol. The first-order valence-electron chi connectivity index (χ1n) is 7.04. The minimum atomic E-state index is -0.441. The zero-order chi connectivity index (χ0) is 16.1. The van der Waals surface area contributed by atoms with E-state index in [4.69, 9.17) is 4.74 Å². The molecule has 0 bridgehead atoms. The summed E-state index contributed by atoms with van der Waals surface area (Å²) >= 11 is 0. The molecule has 0 saturated carbocycles. The highest BCUT2D eigenvalue weighted by molar-refractivity contribution is 5.97. The summed E-state index contributed by atoms with van der Waals surface area (Å²) in [6, 6.07) is 20.9. The second-order valence-corrected chi connectivity index (χ2v) is 4.79. The number of para-hydroxylation sites is 1. The summed E-state index contributed by atoms with van der Waals surface area (Å²) in [6.45, 7) is 0. The number of ether oxygens (including phenoxy) is 1. The van der Waals surface area contributed by atoms with Gasteiger partial charge in [0.2, 0.25) is 5.90 Å². The quantitative estimate of drug-likeness (QED) is 0.486. The number of hydrogen-bond donors (Lipinski definition) is 0. The van der Waals surface area contributed by atoms with Crippen molar-refractivity contribution in [3.63, 3.8) is 0 Å². The fourth-order valence-corrected chi connectivity index (χ4v) is 1.99. The zero-order valence-electron chi connectivity index (χ0n) is 12.1. The van der Waals surface area contributed by atoms with E-state index in [1.165, 1.54) is 30.3 Å². The smallest absolute Gasteiger partial charge is 0.227 e. The Kier molecular flexibility index (Phi) is 4.43. The van der Waals surface area contributed by atoms with Gasteiger partial charge in [0.25, 0.3) is 0 Å². The average molecular weight is 309 g/mol. The predicted octanol–water partition coefficient (Wildman–Crippen LogP) is 5.12. The number of hydrogen-bond acceptors (Lipinski definition) is 2. The van der Waals surface area contributed by atoms with Gasteiger partial charge in [0.15, 0.2) is 0 Å². The van der Waals surface area contributed by atoms with Crippen LogP contribution in [0.25, 0.3) is 0 Å². The number of aliphatic imine (C=N–C) groups is 1. The van der Waals surface area contributed by atoms with E-state index in [1.54, 1.807) is 18.2 Å². The Labute approximate surface area is 132 Å². The van der Waals surface area contributed by atoms with E-state index in [0.29, 0.717) is 11.3 Å². The molecule has 0 radical (unpaired) electrons. The SMILES string of the molecule is Fc1ccc(OC(=Nc2ccccc2F)c2ccccc2)cc1. The molecular formula is C19H13F2NO. The molecule has 0 aliphatic rings. The van der Waals surface area contributed by atoms with Crippen molar-refractivity contribution >= 4 is 11.6 Å². The Bertz CT molecular complexity index is 814. The van der Waals surface area contributed by atoms with Gasteiger partial charge in [-0.3, -0.25) is 0 Å². The van der Waals surface area contributed by atoms with E-state index in [-0.39, 0.29) is 17.4 Å². The summed E-state index contributed by atoms with van der Waals surface area (Å²) in [6.07, 6.45) is 0. The van der Waals surface area contributed by atoms with E-state index in [2.05, 4.69) is 4.99 Å².